The second-order valence-corrected chi connectivity index (χ2v) is 8.08. The molecule has 0 bridgehead atoms. The highest BCUT2D eigenvalue weighted by molar-refractivity contribution is 5.75. The predicted octanol–water partition coefficient (Wildman–Crippen LogP) is 3.03. The largest absolute Gasteiger partial charge is 0.494 e. The number of anilines is 3. The number of rotatable bonds is 8. The number of benzene rings is 1. The van der Waals surface area contributed by atoms with Gasteiger partial charge >= 0.3 is 11.9 Å². The molecule has 0 aliphatic carbocycles. The fourth-order valence-corrected chi connectivity index (χ4v) is 3.92. The average Bonchev–Trinajstić information content (AvgIpc) is 3.24. The quantitative estimate of drug-likeness (QED) is 0.376. The van der Waals surface area contributed by atoms with Crippen molar-refractivity contribution in [3.63, 3.8) is 0 Å². The lowest BCUT2D eigenvalue weighted by Gasteiger charge is -2.27. The third-order valence-corrected chi connectivity index (χ3v) is 5.71. The standard InChI is InChI=1S/C22H24F3N7O3/c1-11-18(23)19(26-2)31-21(29-11)30-13-4-5-17(35-3)16(6-13)32-15-7-14(8-22(24,25)20(33)34)27-9-12(15)10-28-32/h4-6,10,14,27H,7-9H2,1-3H3,(H,33,34)(H2,26,29,30,31). The van der Waals surface area contributed by atoms with Gasteiger partial charge in [0.2, 0.25) is 5.95 Å². The highest BCUT2D eigenvalue weighted by Gasteiger charge is 2.42. The van der Waals surface area contributed by atoms with Gasteiger partial charge < -0.3 is 25.8 Å². The summed E-state index contributed by atoms with van der Waals surface area (Å²) in [5.74, 6) is -5.86. The third kappa shape index (κ3) is 4.85. The van der Waals surface area contributed by atoms with E-state index in [1.54, 1.807) is 36.1 Å². The monoisotopic (exact) mass is 491 g/mol. The molecule has 4 rings (SSSR count). The third-order valence-electron chi connectivity index (χ3n) is 5.71. The Bertz CT molecular complexity index is 1270. The van der Waals surface area contributed by atoms with Crippen LogP contribution in [0.1, 0.15) is 23.4 Å². The molecule has 0 spiro atoms. The summed E-state index contributed by atoms with van der Waals surface area (Å²) in [7, 11) is 3.04. The number of alkyl halides is 2. The van der Waals surface area contributed by atoms with Crippen molar-refractivity contribution in [3.05, 3.63) is 47.2 Å². The molecule has 1 atom stereocenters. The Morgan fingerprint density at radius 2 is 2.14 bits per heavy atom. The summed E-state index contributed by atoms with van der Waals surface area (Å²) in [5.41, 5.74) is 2.71. The minimum absolute atomic E-state index is 0.0478. The van der Waals surface area contributed by atoms with Gasteiger partial charge in [0.15, 0.2) is 11.6 Å². The molecule has 13 heteroatoms. The summed E-state index contributed by atoms with van der Waals surface area (Å²) < 4.78 is 48.8. The number of carboxylic acids is 1. The number of aliphatic carboxylic acids is 1. The molecular weight excluding hydrogens is 467 g/mol. The van der Waals surface area contributed by atoms with E-state index in [1.807, 2.05) is 0 Å². The van der Waals surface area contributed by atoms with Crippen LogP contribution < -0.4 is 20.7 Å². The number of fused-ring (bicyclic) bond motifs is 1. The van der Waals surface area contributed by atoms with Gasteiger partial charge in [-0.15, -0.1) is 0 Å². The highest BCUT2D eigenvalue weighted by atomic mass is 19.3. The summed E-state index contributed by atoms with van der Waals surface area (Å²) in [6.07, 6.45) is 0.921. The molecule has 4 N–H and O–H groups in total. The molecule has 3 heterocycles. The van der Waals surface area contributed by atoms with Gasteiger partial charge in [0.25, 0.3) is 0 Å². The molecule has 35 heavy (non-hydrogen) atoms. The fourth-order valence-electron chi connectivity index (χ4n) is 3.92. The number of carboxylic acid groups (broad SMARTS) is 1. The zero-order valence-corrected chi connectivity index (χ0v) is 19.2. The molecule has 2 aromatic heterocycles. The van der Waals surface area contributed by atoms with E-state index >= 15 is 0 Å². The second kappa shape index (κ2) is 9.41. The first kappa shape index (κ1) is 24.3. The molecule has 1 aliphatic rings. The Balaban J connectivity index is 1.66. The van der Waals surface area contributed by atoms with Crippen LogP contribution in [0.15, 0.2) is 24.4 Å². The van der Waals surface area contributed by atoms with Gasteiger partial charge in [-0.2, -0.15) is 18.9 Å². The summed E-state index contributed by atoms with van der Waals surface area (Å²) in [5, 5.41) is 21.9. The van der Waals surface area contributed by atoms with Crippen LogP contribution in [0.25, 0.3) is 5.69 Å². The number of methoxy groups -OCH3 is 1. The van der Waals surface area contributed by atoms with Crippen molar-refractivity contribution in [3.8, 4) is 11.4 Å². The second-order valence-electron chi connectivity index (χ2n) is 8.08. The number of hydrogen-bond acceptors (Lipinski definition) is 8. The lowest BCUT2D eigenvalue weighted by molar-refractivity contribution is -0.166. The van der Waals surface area contributed by atoms with E-state index in [9.17, 15) is 18.0 Å². The maximum absolute atomic E-state index is 14.1. The fraction of sp³-hybridized carbons (Fsp3) is 0.364. The van der Waals surface area contributed by atoms with Crippen molar-refractivity contribution < 1.29 is 27.8 Å². The summed E-state index contributed by atoms with van der Waals surface area (Å²) in [4.78, 5) is 19.1. The van der Waals surface area contributed by atoms with Gasteiger partial charge in [-0.25, -0.2) is 18.9 Å². The number of halogens is 3. The van der Waals surface area contributed by atoms with Gasteiger partial charge in [-0.3, -0.25) is 0 Å². The van der Waals surface area contributed by atoms with E-state index in [0.717, 1.165) is 5.56 Å². The Labute approximate surface area is 198 Å². The molecule has 0 fully saturated rings. The maximum atomic E-state index is 14.1. The van der Waals surface area contributed by atoms with E-state index in [1.165, 1.54) is 14.0 Å². The Kier molecular flexibility index (Phi) is 6.52. The average molecular weight is 491 g/mol. The zero-order valence-electron chi connectivity index (χ0n) is 19.2. The molecule has 1 aromatic carbocycles. The molecule has 1 unspecified atom stereocenters. The van der Waals surface area contributed by atoms with Crippen LogP contribution >= 0.6 is 0 Å². The number of carbonyl (C=O) groups is 1. The Morgan fingerprint density at radius 1 is 1.37 bits per heavy atom. The van der Waals surface area contributed by atoms with Crippen LogP contribution in [0.2, 0.25) is 0 Å². The molecule has 10 nitrogen and oxygen atoms in total. The molecular formula is C22H24F3N7O3. The van der Waals surface area contributed by atoms with Crippen LogP contribution in [-0.4, -0.2) is 56.9 Å². The van der Waals surface area contributed by atoms with E-state index in [2.05, 4.69) is 31.0 Å². The topological polar surface area (TPSA) is 126 Å². The smallest absolute Gasteiger partial charge is 0.374 e. The van der Waals surface area contributed by atoms with Crippen molar-refractivity contribution in [2.75, 3.05) is 24.8 Å². The van der Waals surface area contributed by atoms with Crippen LogP contribution in [0.3, 0.4) is 0 Å². The Morgan fingerprint density at radius 3 is 2.83 bits per heavy atom. The zero-order chi connectivity index (χ0) is 25.3. The minimum Gasteiger partial charge on any atom is -0.494 e. The van der Waals surface area contributed by atoms with Crippen molar-refractivity contribution in [2.45, 2.75) is 38.3 Å². The van der Waals surface area contributed by atoms with E-state index < -0.39 is 30.2 Å². The molecule has 0 amide bonds. The number of ether oxygens (including phenoxy) is 1. The van der Waals surface area contributed by atoms with Crippen LogP contribution in [-0.2, 0) is 17.8 Å². The summed E-state index contributed by atoms with van der Waals surface area (Å²) in [6.45, 7) is 1.79. The van der Waals surface area contributed by atoms with E-state index in [0.29, 0.717) is 22.8 Å². The molecule has 0 radical (unpaired) electrons. The molecule has 0 saturated heterocycles. The molecule has 3 aromatic rings. The van der Waals surface area contributed by atoms with Gasteiger partial charge in [-0.05, 0) is 25.1 Å². The summed E-state index contributed by atoms with van der Waals surface area (Å²) in [6, 6.07) is 4.37. The van der Waals surface area contributed by atoms with E-state index in [-0.39, 0.29) is 30.4 Å². The number of aryl methyl sites for hydroxylation is 1. The van der Waals surface area contributed by atoms with Crippen molar-refractivity contribution in [2.24, 2.45) is 0 Å². The number of nitrogens with zero attached hydrogens (tertiary/aromatic N) is 4. The van der Waals surface area contributed by atoms with Crippen LogP contribution in [0.4, 0.5) is 30.6 Å². The molecule has 0 saturated carbocycles. The first-order valence-electron chi connectivity index (χ1n) is 10.7. The van der Waals surface area contributed by atoms with Crippen LogP contribution in [0, 0.1) is 12.7 Å². The lowest BCUT2D eigenvalue weighted by atomic mass is 9.97. The first-order valence-corrected chi connectivity index (χ1v) is 10.7. The first-order chi connectivity index (χ1) is 16.6. The van der Waals surface area contributed by atoms with E-state index in [4.69, 9.17) is 9.84 Å². The van der Waals surface area contributed by atoms with Crippen molar-refractivity contribution >= 4 is 23.4 Å². The molecule has 186 valence electrons. The molecule has 1 aliphatic heterocycles. The van der Waals surface area contributed by atoms with Gasteiger partial charge in [0.1, 0.15) is 11.4 Å². The minimum atomic E-state index is -3.85. The van der Waals surface area contributed by atoms with Gasteiger partial charge in [-0.1, -0.05) is 0 Å². The predicted molar refractivity (Wildman–Crippen MR) is 121 cm³/mol. The highest BCUT2D eigenvalue weighted by Crippen LogP contribution is 2.32. The Hall–Kier alpha value is -3.87. The normalized spacial score (nSPS) is 15.4. The van der Waals surface area contributed by atoms with Gasteiger partial charge in [0.05, 0.1) is 24.7 Å². The number of aromatic nitrogens is 4. The maximum Gasteiger partial charge on any atom is 0.374 e. The van der Waals surface area contributed by atoms with Crippen molar-refractivity contribution in [1.29, 1.82) is 0 Å². The van der Waals surface area contributed by atoms with Crippen LogP contribution in [0.5, 0.6) is 5.75 Å². The number of nitrogens with one attached hydrogen (secondary N) is 3. The van der Waals surface area contributed by atoms with Gasteiger partial charge in [0, 0.05) is 43.7 Å². The number of hydrogen-bond donors (Lipinski definition) is 4. The van der Waals surface area contributed by atoms with Crippen molar-refractivity contribution in [1.82, 2.24) is 25.1 Å². The SMILES string of the molecule is CNc1nc(Nc2ccc(OC)c(-n3ncc4c3CC(CC(F)(F)C(=O)O)NC4)c2)nc(C)c1F. The lowest BCUT2D eigenvalue weighted by Crippen LogP contribution is -2.43. The summed E-state index contributed by atoms with van der Waals surface area (Å²) >= 11 is 0.